The maximum absolute atomic E-state index is 9.10. The van der Waals surface area contributed by atoms with Crippen molar-refractivity contribution in [2.24, 2.45) is 0 Å². The van der Waals surface area contributed by atoms with Gasteiger partial charge in [-0.25, -0.2) is 9.59 Å². The first-order valence-corrected chi connectivity index (χ1v) is 9.95. The lowest BCUT2D eigenvalue weighted by Crippen LogP contribution is -2.43. The van der Waals surface area contributed by atoms with Gasteiger partial charge in [-0.05, 0) is 70.1 Å². The molecule has 2 heterocycles. The number of piperidine rings is 1. The van der Waals surface area contributed by atoms with Gasteiger partial charge in [-0.15, -0.1) is 0 Å². The number of halogens is 1. The van der Waals surface area contributed by atoms with Crippen LogP contribution < -0.4 is 4.74 Å². The van der Waals surface area contributed by atoms with Crippen LogP contribution in [0.2, 0.25) is 0 Å². The summed E-state index contributed by atoms with van der Waals surface area (Å²) in [4.78, 5) is 23.5. The Kier molecular flexibility index (Phi) is 8.53. The number of benzene rings is 1. The van der Waals surface area contributed by atoms with Crippen LogP contribution in [0.25, 0.3) is 0 Å². The van der Waals surface area contributed by atoms with Gasteiger partial charge in [0.05, 0.1) is 7.11 Å². The van der Waals surface area contributed by atoms with Crippen LogP contribution in [0.3, 0.4) is 0 Å². The van der Waals surface area contributed by atoms with Crippen molar-refractivity contribution in [1.82, 2.24) is 9.80 Å². The molecule has 0 radical (unpaired) electrons. The SMILES string of the molecule is COc1ccc(Br)cc1CN1CCC(N2CCCC2)CC1.O=C(O)C(=O)O. The Morgan fingerprint density at radius 1 is 1.11 bits per heavy atom. The van der Waals surface area contributed by atoms with Gasteiger partial charge in [-0.3, -0.25) is 4.90 Å². The third-order valence-corrected chi connectivity index (χ3v) is 5.53. The first-order chi connectivity index (χ1) is 12.9. The Hall–Kier alpha value is -1.64. The van der Waals surface area contributed by atoms with Crippen molar-refractivity contribution < 1.29 is 24.5 Å². The Morgan fingerprint density at radius 2 is 1.70 bits per heavy atom. The van der Waals surface area contributed by atoms with E-state index >= 15 is 0 Å². The molecule has 3 rings (SSSR count). The van der Waals surface area contributed by atoms with Gasteiger partial charge < -0.3 is 19.8 Å². The van der Waals surface area contributed by atoms with E-state index in [0.717, 1.165) is 22.8 Å². The van der Waals surface area contributed by atoms with E-state index < -0.39 is 11.9 Å². The Balaban J connectivity index is 0.000000380. The molecule has 8 heteroatoms. The molecule has 2 aliphatic rings. The minimum Gasteiger partial charge on any atom is -0.496 e. The molecule has 0 unspecified atom stereocenters. The van der Waals surface area contributed by atoms with Crippen molar-refractivity contribution in [1.29, 1.82) is 0 Å². The molecular formula is C19H27BrN2O5. The van der Waals surface area contributed by atoms with Gasteiger partial charge in [0.25, 0.3) is 0 Å². The molecule has 1 aromatic rings. The molecule has 150 valence electrons. The standard InChI is InChI=1S/C17H25BrN2O.C2H2O4/c1-21-17-5-4-15(18)12-14(17)13-19-10-6-16(7-11-19)20-8-2-3-9-20;3-1(4)2(5)6/h4-5,12,16H,2-3,6-11,13H2,1H3;(H,3,4)(H,5,6). The van der Waals surface area contributed by atoms with Crippen LogP contribution in [0.15, 0.2) is 22.7 Å². The van der Waals surface area contributed by atoms with Crippen molar-refractivity contribution >= 4 is 27.9 Å². The van der Waals surface area contributed by atoms with Crippen LogP contribution in [0.1, 0.15) is 31.2 Å². The molecule has 0 amide bonds. The highest BCUT2D eigenvalue weighted by atomic mass is 79.9. The molecular weight excluding hydrogens is 416 g/mol. The average Bonchev–Trinajstić information content (AvgIpc) is 3.18. The lowest BCUT2D eigenvalue weighted by Gasteiger charge is -2.36. The highest BCUT2D eigenvalue weighted by Gasteiger charge is 2.26. The molecule has 0 aliphatic carbocycles. The maximum atomic E-state index is 9.10. The second-order valence-electron chi connectivity index (χ2n) is 6.82. The van der Waals surface area contributed by atoms with Gasteiger partial charge in [0.1, 0.15) is 5.75 Å². The first kappa shape index (κ1) is 21.7. The molecule has 0 atom stereocenters. The summed E-state index contributed by atoms with van der Waals surface area (Å²) in [5.74, 6) is -2.65. The fraction of sp³-hybridized carbons (Fsp3) is 0.579. The summed E-state index contributed by atoms with van der Waals surface area (Å²) in [5, 5.41) is 14.8. The third-order valence-electron chi connectivity index (χ3n) is 5.03. The van der Waals surface area contributed by atoms with Gasteiger partial charge in [0.2, 0.25) is 0 Å². The molecule has 2 aliphatic heterocycles. The minimum absolute atomic E-state index is 0.827. The van der Waals surface area contributed by atoms with Crippen LogP contribution in [0, 0.1) is 0 Å². The summed E-state index contributed by atoms with van der Waals surface area (Å²) in [6.07, 6.45) is 5.43. The topological polar surface area (TPSA) is 90.3 Å². The fourth-order valence-corrected chi connectivity index (χ4v) is 4.07. The summed E-state index contributed by atoms with van der Waals surface area (Å²) >= 11 is 3.56. The lowest BCUT2D eigenvalue weighted by molar-refractivity contribution is -0.159. The van der Waals surface area contributed by atoms with E-state index in [9.17, 15) is 0 Å². The third kappa shape index (κ3) is 6.79. The summed E-state index contributed by atoms with van der Waals surface area (Å²) in [5.41, 5.74) is 1.28. The van der Waals surface area contributed by atoms with E-state index in [-0.39, 0.29) is 0 Å². The van der Waals surface area contributed by atoms with Gasteiger partial charge in [0, 0.05) is 22.6 Å². The van der Waals surface area contributed by atoms with E-state index in [1.807, 2.05) is 6.07 Å². The van der Waals surface area contributed by atoms with E-state index in [2.05, 4.69) is 37.9 Å². The number of aliphatic carboxylic acids is 2. The number of rotatable bonds is 4. The molecule has 0 aromatic heterocycles. The number of hydrogen-bond donors (Lipinski definition) is 2. The Labute approximate surface area is 168 Å². The molecule has 0 saturated carbocycles. The van der Waals surface area contributed by atoms with E-state index in [4.69, 9.17) is 24.5 Å². The lowest BCUT2D eigenvalue weighted by atomic mass is 10.0. The second kappa shape index (κ2) is 10.6. The Bertz CT molecular complexity index is 629. The molecule has 2 saturated heterocycles. The summed E-state index contributed by atoms with van der Waals surface area (Å²) in [6, 6.07) is 7.11. The fourth-order valence-electron chi connectivity index (χ4n) is 3.66. The number of ether oxygens (including phenoxy) is 1. The van der Waals surface area contributed by atoms with Crippen LogP contribution in [-0.2, 0) is 16.1 Å². The number of hydrogen-bond acceptors (Lipinski definition) is 5. The Morgan fingerprint density at radius 3 is 2.22 bits per heavy atom. The molecule has 0 spiro atoms. The molecule has 7 nitrogen and oxygen atoms in total. The van der Waals surface area contributed by atoms with Crippen molar-refractivity contribution in [2.75, 3.05) is 33.3 Å². The van der Waals surface area contributed by atoms with E-state index in [1.165, 1.54) is 57.4 Å². The molecule has 27 heavy (non-hydrogen) atoms. The van der Waals surface area contributed by atoms with Crippen LogP contribution >= 0.6 is 15.9 Å². The maximum Gasteiger partial charge on any atom is 0.414 e. The highest BCUT2D eigenvalue weighted by Crippen LogP contribution is 2.27. The number of nitrogens with zero attached hydrogens (tertiary/aromatic N) is 2. The zero-order valence-electron chi connectivity index (χ0n) is 15.6. The summed E-state index contributed by atoms with van der Waals surface area (Å²) in [7, 11) is 1.76. The van der Waals surface area contributed by atoms with Gasteiger partial charge in [0.15, 0.2) is 0 Å². The summed E-state index contributed by atoms with van der Waals surface area (Å²) < 4.78 is 6.62. The van der Waals surface area contributed by atoms with Crippen molar-refractivity contribution in [3.05, 3.63) is 28.2 Å². The number of carboxylic acids is 2. The van der Waals surface area contributed by atoms with E-state index in [0.29, 0.717) is 0 Å². The van der Waals surface area contributed by atoms with Gasteiger partial charge >= 0.3 is 11.9 Å². The molecule has 1 aromatic carbocycles. The van der Waals surface area contributed by atoms with Crippen LogP contribution in [0.4, 0.5) is 0 Å². The minimum atomic E-state index is -1.82. The number of carbonyl (C=O) groups is 2. The van der Waals surface area contributed by atoms with E-state index in [1.54, 1.807) is 7.11 Å². The van der Waals surface area contributed by atoms with Crippen LogP contribution in [0.5, 0.6) is 5.75 Å². The largest absolute Gasteiger partial charge is 0.496 e. The van der Waals surface area contributed by atoms with Crippen LogP contribution in [-0.4, -0.2) is 71.3 Å². The monoisotopic (exact) mass is 442 g/mol. The number of carboxylic acid groups (broad SMARTS) is 2. The van der Waals surface area contributed by atoms with Gasteiger partial charge in [-0.2, -0.15) is 0 Å². The highest BCUT2D eigenvalue weighted by molar-refractivity contribution is 9.10. The van der Waals surface area contributed by atoms with Gasteiger partial charge in [-0.1, -0.05) is 15.9 Å². The van der Waals surface area contributed by atoms with Crippen molar-refractivity contribution in [3.63, 3.8) is 0 Å². The number of likely N-dealkylation sites (tertiary alicyclic amines) is 2. The smallest absolute Gasteiger partial charge is 0.414 e. The normalized spacial score (nSPS) is 18.6. The molecule has 2 fully saturated rings. The predicted octanol–water partition coefficient (Wildman–Crippen LogP) is 2.67. The van der Waals surface area contributed by atoms with Crippen molar-refractivity contribution in [2.45, 2.75) is 38.3 Å². The second-order valence-corrected chi connectivity index (χ2v) is 7.73. The number of methoxy groups -OCH3 is 1. The molecule has 0 bridgehead atoms. The quantitative estimate of drug-likeness (QED) is 0.692. The van der Waals surface area contributed by atoms with Crippen molar-refractivity contribution in [3.8, 4) is 5.75 Å². The zero-order chi connectivity index (χ0) is 19.8. The first-order valence-electron chi connectivity index (χ1n) is 9.15. The summed E-state index contributed by atoms with van der Waals surface area (Å²) in [6.45, 7) is 6.05. The zero-order valence-corrected chi connectivity index (χ0v) is 17.2. The average molecular weight is 443 g/mol. The molecule has 2 N–H and O–H groups in total. The predicted molar refractivity (Wildman–Crippen MR) is 105 cm³/mol.